The smallest absolute Gasteiger partial charge is 0.222 e. The van der Waals surface area contributed by atoms with Gasteiger partial charge >= 0.3 is 0 Å². The van der Waals surface area contributed by atoms with Gasteiger partial charge in [-0.2, -0.15) is 5.10 Å². The summed E-state index contributed by atoms with van der Waals surface area (Å²) in [5, 5.41) is 9.02. The minimum atomic E-state index is 0. The number of benzene rings is 1. The van der Waals surface area contributed by atoms with Gasteiger partial charge in [0.15, 0.2) is 5.65 Å². The fourth-order valence-electron chi connectivity index (χ4n) is 4.55. The van der Waals surface area contributed by atoms with Crippen molar-refractivity contribution in [1.29, 1.82) is 0 Å². The summed E-state index contributed by atoms with van der Waals surface area (Å²) in [6.45, 7) is 6.98. The number of aryl methyl sites for hydroxylation is 2. The summed E-state index contributed by atoms with van der Waals surface area (Å²) in [5.41, 5.74) is 5.08. The SMILES string of the molecule is CNCCC1CCN(C(=O)CCc2c(C)nc3c4ccccc4nn3c2C)CC1.Cl. The fourth-order valence-corrected chi connectivity index (χ4v) is 4.55. The Hall–Kier alpha value is -2.18. The van der Waals surface area contributed by atoms with E-state index in [4.69, 9.17) is 10.1 Å². The first-order valence-electron chi connectivity index (χ1n) is 10.7. The van der Waals surface area contributed by atoms with Crippen molar-refractivity contribution in [3.63, 3.8) is 0 Å². The number of aromatic nitrogens is 3. The van der Waals surface area contributed by atoms with Gasteiger partial charge in [0, 0.05) is 36.3 Å². The van der Waals surface area contributed by atoms with Crippen molar-refractivity contribution in [2.45, 2.75) is 46.0 Å². The Balaban J connectivity index is 0.00000256. The molecule has 6 nitrogen and oxygen atoms in total. The van der Waals surface area contributed by atoms with Crippen LogP contribution in [0.25, 0.3) is 16.6 Å². The van der Waals surface area contributed by atoms with E-state index in [1.54, 1.807) is 0 Å². The minimum Gasteiger partial charge on any atom is -0.343 e. The van der Waals surface area contributed by atoms with Crippen LogP contribution < -0.4 is 5.32 Å². The van der Waals surface area contributed by atoms with Crippen molar-refractivity contribution >= 4 is 34.9 Å². The van der Waals surface area contributed by atoms with Gasteiger partial charge in [0.2, 0.25) is 5.91 Å². The number of carbonyl (C=O) groups excluding carboxylic acids is 1. The van der Waals surface area contributed by atoms with Crippen LogP contribution in [-0.4, -0.2) is 52.1 Å². The minimum absolute atomic E-state index is 0. The molecule has 0 aliphatic carbocycles. The number of piperidine rings is 1. The highest BCUT2D eigenvalue weighted by Gasteiger charge is 2.23. The van der Waals surface area contributed by atoms with Gasteiger partial charge in [-0.3, -0.25) is 4.79 Å². The molecule has 3 heterocycles. The zero-order chi connectivity index (χ0) is 20.4. The molecule has 0 unspecified atom stereocenters. The lowest BCUT2D eigenvalue weighted by molar-refractivity contribution is -0.132. The van der Waals surface area contributed by atoms with E-state index in [0.717, 1.165) is 78.3 Å². The second-order valence-corrected chi connectivity index (χ2v) is 8.23. The molecule has 1 aromatic carbocycles. The quantitative estimate of drug-likeness (QED) is 0.648. The van der Waals surface area contributed by atoms with E-state index in [9.17, 15) is 4.79 Å². The number of carbonyl (C=O) groups is 1. The standard InChI is InChI=1S/C23H31N5O.ClH/c1-16-19(8-9-22(29)27-14-11-18(12-15-27)10-13-24-3)17(2)28-23(25-16)20-6-4-5-7-21(20)26-28;/h4-7,18,24H,8-15H2,1-3H3;1H. The van der Waals surface area contributed by atoms with Crippen LogP contribution in [0.3, 0.4) is 0 Å². The largest absolute Gasteiger partial charge is 0.343 e. The molecule has 0 spiro atoms. The fraction of sp³-hybridized carbons (Fsp3) is 0.522. The predicted octanol–water partition coefficient (Wildman–Crippen LogP) is 3.70. The van der Waals surface area contributed by atoms with Crippen molar-refractivity contribution in [2.75, 3.05) is 26.7 Å². The van der Waals surface area contributed by atoms with Crippen LogP contribution in [-0.2, 0) is 11.2 Å². The number of hydrogen-bond donors (Lipinski definition) is 1. The summed E-state index contributed by atoms with van der Waals surface area (Å²) in [7, 11) is 2.00. The summed E-state index contributed by atoms with van der Waals surface area (Å²) in [6.07, 6.45) is 4.71. The maximum absolute atomic E-state index is 12.8. The number of fused-ring (bicyclic) bond motifs is 3. The van der Waals surface area contributed by atoms with E-state index in [1.807, 2.05) is 36.7 Å². The van der Waals surface area contributed by atoms with Crippen LogP contribution in [0.4, 0.5) is 0 Å². The number of nitrogens with one attached hydrogen (secondary N) is 1. The molecule has 7 heteroatoms. The molecule has 0 radical (unpaired) electrons. The van der Waals surface area contributed by atoms with E-state index in [1.165, 1.54) is 6.42 Å². The van der Waals surface area contributed by atoms with E-state index in [-0.39, 0.29) is 18.3 Å². The lowest BCUT2D eigenvalue weighted by atomic mass is 9.93. The van der Waals surface area contributed by atoms with Gasteiger partial charge in [-0.25, -0.2) is 9.50 Å². The summed E-state index contributed by atoms with van der Waals surface area (Å²) >= 11 is 0. The first-order valence-corrected chi connectivity index (χ1v) is 10.7. The highest BCUT2D eigenvalue weighted by molar-refractivity contribution is 5.92. The Morgan fingerprint density at radius 2 is 1.93 bits per heavy atom. The van der Waals surface area contributed by atoms with Gasteiger partial charge in [0.25, 0.3) is 0 Å². The highest BCUT2D eigenvalue weighted by Crippen LogP contribution is 2.24. The number of likely N-dealkylation sites (tertiary alicyclic amines) is 1. The number of hydrogen-bond acceptors (Lipinski definition) is 4. The zero-order valence-corrected chi connectivity index (χ0v) is 19.0. The normalized spacial score (nSPS) is 15.0. The Kier molecular flexibility index (Phi) is 7.32. The molecule has 0 atom stereocenters. The van der Waals surface area contributed by atoms with Crippen molar-refractivity contribution in [3.05, 3.63) is 41.2 Å². The molecule has 162 valence electrons. The third-order valence-corrected chi connectivity index (χ3v) is 6.38. The zero-order valence-electron chi connectivity index (χ0n) is 18.1. The Bertz CT molecular complexity index is 1020. The molecule has 1 N–H and O–H groups in total. The molecule has 1 aliphatic heterocycles. The molecule has 0 bridgehead atoms. The molecule has 1 saturated heterocycles. The van der Waals surface area contributed by atoms with Gasteiger partial charge in [-0.05, 0) is 76.7 Å². The monoisotopic (exact) mass is 429 g/mol. The van der Waals surface area contributed by atoms with Gasteiger partial charge in [-0.15, -0.1) is 12.4 Å². The van der Waals surface area contributed by atoms with Crippen LogP contribution in [0.5, 0.6) is 0 Å². The first kappa shape index (κ1) is 22.5. The Morgan fingerprint density at radius 1 is 1.20 bits per heavy atom. The van der Waals surface area contributed by atoms with E-state index in [2.05, 4.69) is 23.2 Å². The predicted molar refractivity (Wildman–Crippen MR) is 123 cm³/mol. The number of halogens is 1. The molecular formula is C23H32ClN5O. The van der Waals surface area contributed by atoms with Crippen molar-refractivity contribution in [2.24, 2.45) is 5.92 Å². The molecule has 1 fully saturated rings. The van der Waals surface area contributed by atoms with Gasteiger partial charge in [-0.1, -0.05) is 12.1 Å². The van der Waals surface area contributed by atoms with Crippen molar-refractivity contribution in [3.8, 4) is 0 Å². The lowest BCUT2D eigenvalue weighted by Crippen LogP contribution is -2.39. The van der Waals surface area contributed by atoms with Gasteiger partial charge in [0.05, 0.1) is 5.52 Å². The second-order valence-electron chi connectivity index (χ2n) is 8.23. The molecule has 2 aromatic heterocycles. The van der Waals surface area contributed by atoms with Crippen LogP contribution >= 0.6 is 12.4 Å². The number of rotatable bonds is 6. The average Bonchev–Trinajstić information content (AvgIpc) is 3.11. The molecule has 1 amide bonds. The maximum Gasteiger partial charge on any atom is 0.222 e. The molecule has 0 saturated carbocycles. The number of amides is 1. The Labute approximate surface area is 184 Å². The van der Waals surface area contributed by atoms with Crippen LogP contribution in [0.15, 0.2) is 24.3 Å². The van der Waals surface area contributed by atoms with Crippen molar-refractivity contribution in [1.82, 2.24) is 24.8 Å². The molecule has 4 rings (SSSR count). The summed E-state index contributed by atoms with van der Waals surface area (Å²) < 4.78 is 1.94. The van der Waals surface area contributed by atoms with E-state index in [0.29, 0.717) is 6.42 Å². The highest BCUT2D eigenvalue weighted by atomic mass is 35.5. The Morgan fingerprint density at radius 3 is 2.67 bits per heavy atom. The molecular weight excluding hydrogens is 398 g/mol. The van der Waals surface area contributed by atoms with Crippen LogP contribution in [0.2, 0.25) is 0 Å². The molecule has 1 aliphatic rings. The van der Waals surface area contributed by atoms with Gasteiger partial charge < -0.3 is 10.2 Å². The van der Waals surface area contributed by atoms with Crippen molar-refractivity contribution < 1.29 is 4.79 Å². The summed E-state index contributed by atoms with van der Waals surface area (Å²) in [4.78, 5) is 19.7. The summed E-state index contributed by atoms with van der Waals surface area (Å²) in [5.74, 6) is 1.01. The first-order chi connectivity index (χ1) is 14.1. The lowest BCUT2D eigenvalue weighted by Gasteiger charge is -2.32. The second kappa shape index (κ2) is 9.75. The average molecular weight is 430 g/mol. The number of nitrogens with zero attached hydrogens (tertiary/aromatic N) is 4. The van der Waals surface area contributed by atoms with Gasteiger partial charge in [0.1, 0.15) is 0 Å². The molecule has 3 aromatic rings. The third kappa shape index (κ3) is 4.44. The topological polar surface area (TPSA) is 62.5 Å². The summed E-state index contributed by atoms with van der Waals surface area (Å²) in [6, 6.07) is 8.10. The van der Waals surface area contributed by atoms with E-state index < -0.39 is 0 Å². The third-order valence-electron chi connectivity index (χ3n) is 6.38. The van der Waals surface area contributed by atoms with Crippen LogP contribution in [0, 0.1) is 19.8 Å². The maximum atomic E-state index is 12.8. The van der Waals surface area contributed by atoms with E-state index >= 15 is 0 Å². The van der Waals surface area contributed by atoms with Crippen LogP contribution in [0.1, 0.15) is 42.6 Å². The molecule has 30 heavy (non-hydrogen) atoms.